The lowest BCUT2D eigenvalue weighted by Gasteiger charge is -2.38. The summed E-state index contributed by atoms with van der Waals surface area (Å²) in [6.07, 6.45) is -19.6. The Labute approximate surface area is 131 Å². The second kappa shape index (κ2) is 6.61. The summed E-state index contributed by atoms with van der Waals surface area (Å²) >= 11 is 0. The smallest absolute Gasteiger partial charge is 0.438 e. The SMILES string of the molecule is CC(O)CC(=CC(F)(F)C(F)(F)C(F)(C(F)(F)F)C(F)(F)F)C(=O)O. The number of hydrogen-bond donors (Lipinski definition) is 2. The molecule has 0 spiro atoms. The largest absolute Gasteiger partial charge is 0.478 e. The molecule has 0 aromatic rings. The molecule has 0 aromatic carbocycles. The number of rotatable bonds is 6. The zero-order valence-corrected chi connectivity index (χ0v) is 11.8. The van der Waals surface area contributed by atoms with E-state index >= 15 is 0 Å². The molecule has 2 N–H and O–H groups in total. The van der Waals surface area contributed by atoms with Gasteiger partial charge in [0.15, 0.2) is 0 Å². The van der Waals surface area contributed by atoms with Gasteiger partial charge in [-0.25, -0.2) is 9.18 Å². The minimum atomic E-state index is -7.67. The first-order chi connectivity index (χ1) is 10.7. The minimum absolute atomic E-state index is 0.762. The van der Waals surface area contributed by atoms with Gasteiger partial charge < -0.3 is 10.2 Å². The van der Waals surface area contributed by atoms with Gasteiger partial charge in [-0.3, -0.25) is 0 Å². The Hall–Kier alpha value is -1.60. The highest BCUT2D eigenvalue weighted by atomic mass is 19.4. The van der Waals surface area contributed by atoms with E-state index in [0.717, 1.165) is 6.92 Å². The molecule has 3 nitrogen and oxygen atoms in total. The predicted octanol–water partition coefficient (Wildman–Crippen LogP) is 3.87. The van der Waals surface area contributed by atoms with Gasteiger partial charge in [0, 0.05) is 18.1 Å². The average molecular weight is 398 g/mol. The van der Waals surface area contributed by atoms with Crippen molar-refractivity contribution in [1.82, 2.24) is 0 Å². The van der Waals surface area contributed by atoms with Crippen LogP contribution in [0.5, 0.6) is 0 Å². The Kier molecular flexibility index (Phi) is 6.19. The van der Waals surface area contributed by atoms with Gasteiger partial charge in [-0.15, -0.1) is 0 Å². The van der Waals surface area contributed by atoms with Crippen LogP contribution >= 0.6 is 0 Å². The van der Waals surface area contributed by atoms with Gasteiger partial charge >= 0.3 is 35.8 Å². The van der Waals surface area contributed by atoms with E-state index in [1.165, 1.54) is 0 Å². The summed E-state index contributed by atoms with van der Waals surface area (Å²) in [4.78, 5) is 10.6. The van der Waals surface area contributed by atoms with Crippen LogP contribution in [0.25, 0.3) is 0 Å². The first-order valence-electron chi connectivity index (χ1n) is 5.93. The molecule has 0 aromatic heterocycles. The van der Waals surface area contributed by atoms with E-state index in [1.807, 2.05) is 0 Å². The van der Waals surface area contributed by atoms with Crippen LogP contribution < -0.4 is 0 Å². The van der Waals surface area contributed by atoms with Gasteiger partial charge in [0.05, 0.1) is 6.10 Å². The molecule has 0 aliphatic rings. The lowest BCUT2D eigenvalue weighted by molar-refractivity contribution is -0.420. The number of carbonyl (C=O) groups is 1. The quantitative estimate of drug-likeness (QED) is 0.528. The zero-order valence-electron chi connectivity index (χ0n) is 11.8. The zero-order chi connectivity index (χ0) is 20.6. The van der Waals surface area contributed by atoms with Crippen molar-refractivity contribution in [3.8, 4) is 0 Å². The van der Waals surface area contributed by atoms with Crippen molar-refractivity contribution in [3.05, 3.63) is 11.6 Å². The van der Waals surface area contributed by atoms with E-state index in [0.29, 0.717) is 0 Å². The molecule has 0 bridgehead atoms. The average Bonchev–Trinajstić information content (AvgIpc) is 2.32. The Balaban J connectivity index is 6.47. The van der Waals surface area contributed by atoms with Crippen molar-refractivity contribution in [2.45, 2.75) is 49.3 Å². The van der Waals surface area contributed by atoms with Crippen molar-refractivity contribution in [2.24, 2.45) is 0 Å². The first kappa shape index (κ1) is 23.4. The number of hydrogen-bond acceptors (Lipinski definition) is 2. The summed E-state index contributed by atoms with van der Waals surface area (Å²) in [5.74, 6) is -16.4. The van der Waals surface area contributed by atoms with Crippen LogP contribution in [0.1, 0.15) is 13.3 Å². The topological polar surface area (TPSA) is 57.5 Å². The number of carboxylic acids is 1. The third-order valence-electron chi connectivity index (χ3n) is 2.78. The molecule has 25 heavy (non-hydrogen) atoms. The highest BCUT2D eigenvalue weighted by Gasteiger charge is 2.89. The highest BCUT2D eigenvalue weighted by Crippen LogP contribution is 2.59. The van der Waals surface area contributed by atoms with Crippen molar-refractivity contribution in [3.63, 3.8) is 0 Å². The first-order valence-corrected chi connectivity index (χ1v) is 5.93. The number of allylic oxidation sites excluding steroid dienone is 1. The molecule has 1 unspecified atom stereocenters. The fourth-order valence-corrected chi connectivity index (χ4v) is 1.58. The summed E-state index contributed by atoms with van der Waals surface area (Å²) in [7, 11) is 0. The van der Waals surface area contributed by atoms with E-state index < -0.39 is 60.0 Å². The fourth-order valence-electron chi connectivity index (χ4n) is 1.58. The minimum Gasteiger partial charge on any atom is -0.478 e. The van der Waals surface area contributed by atoms with Crippen LogP contribution in [0.2, 0.25) is 0 Å². The Morgan fingerprint density at radius 3 is 1.52 bits per heavy atom. The van der Waals surface area contributed by atoms with E-state index in [9.17, 15) is 53.1 Å². The lowest BCUT2D eigenvalue weighted by atomic mass is 9.89. The lowest BCUT2D eigenvalue weighted by Crippen LogP contribution is -2.69. The van der Waals surface area contributed by atoms with Crippen LogP contribution in [0, 0.1) is 0 Å². The summed E-state index contributed by atoms with van der Waals surface area (Å²) < 4.78 is 140. The molecule has 0 saturated carbocycles. The Morgan fingerprint density at radius 2 is 1.28 bits per heavy atom. The molecule has 0 amide bonds. The molecular formula is C11H9F11O3. The molecule has 0 saturated heterocycles. The summed E-state index contributed by atoms with van der Waals surface area (Å²) in [5.41, 5.74) is -9.51. The Morgan fingerprint density at radius 1 is 0.920 bits per heavy atom. The molecule has 0 aliphatic carbocycles. The number of aliphatic hydroxyl groups is 1. The highest BCUT2D eigenvalue weighted by molar-refractivity contribution is 5.86. The van der Waals surface area contributed by atoms with Crippen LogP contribution in [-0.4, -0.2) is 52.2 Å². The molecule has 0 rings (SSSR count). The number of aliphatic carboxylic acids is 1. The standard InChI is InChI=1S/C11H9F11O3/c1-4(23)2-5(6(24)25)3-7(12,13)9(15,16)8(14,10(17,18)19)11(20,21)22/h3-4,23H,2H2,1H3,(H,24,25). The van der Waals surface area contributed by atoms with Gasteiger partial charge in [-0.05, 0) is 6.92 Å². The van der Waals surface area contributed by atoms with Gasteiger partial charge in [-0.2, -0.15) is 43.9 Å². The Bertz CT molecular complexity index is 516. The number of carboxylic acid groups (broad SMARTS) is 1. The van der Waals surface area contributed by atoms with Crippen LogP contribution in [0.15, 0.2) is 11.6 Å². The molecule has 148 valence electrons. The maximum absolute atomic E-state index is 13.4. The molecule has 0 radical (unpaired) electrons. The van der Waals surface area contributed by atoms with Gasteiger partial charge in [-0.1, -0.05) is 0 Å². The molecule has 1 atom stereocenters. The van der Waals surface area contributed by atoms with Gasteiger partial charge in [0.1, 0.15) is 0 Å². The van der Waals surface area contributed by atoms with E-state index in [2.05, 4.69) is 0 Å². The summed E-state index contributed by atoms with van der Waals surface area (Å²) in [6.45, 7) is 0.762. The maximum atomic E-state index is 13.4. The second-order valence-corrected chi connectivity index (χ2v) is 4.88. The van der Waals surface area contributed by atoms with Crippen LogP contribution in [-0.2, 0) is 4.79 Å². The van der Waals surface area contributed by atoms with E-state index in [1.54, 1.807) is 0 Å². The molecule has 0 heterocycles. The molecule has 0 aliphatic heterocycles. The summed E-state index contributed by atoms with van der Waals surface area (Å²) in [6, 6.07) is 0. The second-order valence-electron chi connectivity index (χ2n) is 4.88. The molecule has 14 heteroatoms. The van der Waals surface area contributed by atoms with Crippen molar-refractivity contribution >= 4 is 5.97 Å². The number of alkyl halides is 11. The summed E-state index contributed by atoms with van der Waals surface area (Å²) in [5, 5.41) is 17.3. The molecular weight excluding hydrogens is 389 g/mol. The normalized spacial score (nSPS) is 16.8. The van der Waals surface area contributed by atoms with E-state index in [-0.39, 0.29) is 0 Å². The van der Waals surface area contributed by atoms with Crippen molar-refractivity contribution < 1.29 is 63.3 Å². The fraction of sp³-hybridized carbons (Fsp3) is 0.727. The van der Waals surface area contributed by atoms with Gasteiger partial charge in [0.2, 0.25) is 0 Å². The number of aliphatic hydroxyl groups excluding tert-OH is 1. The third kappa shape index (κ3) is 4.15. The maximum Gasteiger partial charge on any atom is 0.438 e. The van der Waals surface area contributed by atoms with Crippen LogP contribution in [0.4, 0.5) is 48.3 Å². The third-order valence-corrected chi connectivity index (χ3v) is 2.78. The van der Waals surface area contributed by atoms with E-state index in [4.69, 9.17) is 10.2 Å². The van der Waals surface area contributed by atoms with Crippen molar-refractivity contribution in [2.75, 3.05) is 0 Å². The van der Waals surface area contributed by atoms with Gasteiger partial charge in [0.25, 0.3) is 0 Å². The number of halogens is 11. The predicted molar refractivity (Wildman–Crippen MR) is 57.9 cm³/mol. The van der Waals surface area contributed by atoms with Crippen LogP contribution in [0.3, 0.4) is 0 Å². The molecule has 0 fully saturated rings. The van der Waals surface area contributed by atoms with Crippen molar-refractivity contribution in [1.29, 1.82) is 0 Å². The monoisotopic (exact) mass is 398 g/mol.